The molecule has 0 aliphatic carbocycles. The summed E-state index contributed by atoms with van der Waals surface area (Å²) in [5.41, 5.74) is -0.329. The third-order valence-electron chi connectivity index (χ3n) is 4.80. The van der Waals surface area contributed by atoms with Crippen LogP contribution in [-0.4, -0.2) is 35.6 Å². The van der Waals surface area contributed by atoms with E-state index in [4.69, 9.17) is 0 Å². The number of hydrogen-bond donors (Lipinski definition) is 1. The molecule has 0 bridgehead atoms. The monoisotopic (exact) mass is 293 g/mol. The maximum absolute atomic E-state index is 9.57. The molecule has 1 aliphatic heterocycles. The Hall–Kier alpha value is -0.590. The molecule has 0 aromatic heterocycles. The minimum atomic E-state index is -0.329. The quantitative estimate of drug-likeness (QED) is 0.696. The highest BCUT2D eigenvalue weighted by Gasteiger charge is 2.29. The van der Waals surface area contributed by atoms with Crippen molar-refractivity contribution in [3.8, 4) is 6.07 Å². The summed E-state index contributed by atoms with van der Waals surface area (Å²) in [4.78, 5) is 2.68. The van der Waals surface area contributed by atoms with Gasteiger partial charge in [-0.15, -0.1) is 0 Å². The van der Waals surface area contributed by atoms with Crippen molar-refractivity contribution in [2.75, 3.05) is 13.1 Å². The van der Waals surface area contributed by atoms with Gasteiger partial charge in [-0.25, -0.2) is 0 Å². The largest absolute Gasteiger partial charge is 0.300 e. The number of hydrogen-bond acceptors (Lipinski definition) is 3. The molecule has 0 amide bonds. The molecule has 0 radical (unpaired) electrons. The fourth-order valence-electron chi connectivity index (χ4n) is 3.67. The van der Waals surface area contributed by atoms with Crippen LogP contribution in [0.4, 0.5) is 0 Å². The Labute approximate surface area is 132 Å². The molecule has 0 saturated carbocycles. The van der Waals surface area contributed by atoms with Crippen LogP contribution in [0.5, 0.6) is 0 Å². The van der Waals surface area contributed by atoms with Gasteiger partial charge in [-0.2, -0.15) is 5.26 Å². The van der Waals surface area contributed by atoms with Crippen molar-refractivity contribution < 1.29 is 0 Å². The molecule has 3 heteroatoms. The van der Waals surface area contributed by atoms with Crippen LogP contribution in [0.1, 0.15) is 79.1 Å². The van der Waals surface area contributed by atoms with Crippen molar-refractivity contribution in [2.45, 2.75) is 96.7 Å². The van der Waals surface area contributed by atoms with Crippen molar-refractivity contribution in [1.29, 1.82) is 5.26 Å². The summed E-state index contributed by atoms with van der Waals surface area (Å²) in [6.45, 7) is 11.1. The average Bonchev–Trinajstić information content (AvgIpc) is 2.48. The van der Waals surface area contributed by atoms with Crippen LogP contribution in [0.15, 0.2) is 0 Å². The van der Waals surface area contributed by atoms with E-state index in [2.05, 4.69) is 44.0 Å². The first-order valence-corrected chi connectivity index (χ1v) is 9.00. The topological polar surface area (TPSA) is 39.1 Å². The van der Waals surface area contributed by atoms with Gasteiger partial charge in [-0.05, 0) is 65.5 Å². The zero-order valence-corrected chi connectivity index (χ0v) is 14.6. The Kier molecular flexibility index (Phi) is 8.29. The molecule has 3 nitrogen and oxygen atoms in total. The predicted molar refractivity (Wildman–Crippen MR) is 90.3 cm³/mol. The van der Waals surface area contributed by atoms with Crippen molar-refractivity contribution in [3.05, 3.63) is 0 Å². The van der Waals surface area contributed by atoms with Crippen molar-refractivity contribution in [2.24, 2.45) is 0 Å². The maximum Gasteiger partial charge on any atom is 0.106 e. The van der Waals surface area contributed by atoms with E-state index >= 15 is 0 Å². The SMILES string of the molecule is CCCC1CCCCN1CCCC(C#N)(CC)NC(C)C. The predicted octanol–water partition coefficient (Wildman–Crippen LogP) is 4.09. The highest BCUT2D eigenvalue weighted by molar-refractivity contribution is 5.07. The van der Waals surface area contributed by atoms with Crippen LogP contribution in [0.3, 0.4) is 0 Å². The van der Waals surface area contributed by atoms with Gasteiger partial charge in [-0.1, -0.05) is 26.7 Å². The number of nitriles is 1. The second-order valence-corrected chi connectivity index (χ2v) is 6.92. The normalized spacial score (nSPS) is 23.0. The van der Waals surface area contributed by atoms with Crippen molar-refractivity contribution >= 4 is 0 Å². The number of nitrogens with zero attached hydrogens (tertiary/aromatic N) is 2. The summed E-state index contributed by atoms with van der Waals surface area (Å²) >= 11 is 0. The molecule has 21 heavy (non-hydrogen) atoms. The Morgan fingerprint density at radius 3 is 2.67 bits per heavy atom. The van der Waals surface area contributed by atoms with Gasteiger partial charge >= 0.3 is 0 Å². The lowest BCUT2D eigenvalue weighted by molar-refractivity contribution is 0.133. The second kappa shape index (κ2) is 9.43. The van der Waals surface area contributed by atoms with Gasteiger partial charge in [0.05, 0.1) is 6.07 Å². The van der Waals surface area contributed by atoms with E-state index in [0.29, 0.717) is 6.04 Å². The lowest BCUT2D eigenvalue weighted by Gasteiger charge is -2.37. The molecule has 0 spiro atoms. The second-order valence-electron chi connectivity index (χ2n) is 6.92. The average molecular weight is 293 g/mol. The van der Waals surface area contributed by atoms with Gasteiger partial charge in [0.25, 0.3) is 0 Å². The van der Waals surface area contributed by atoms with E-state index in [1.54, 1.807) is 0 Å². The number of nitrogens with one attached hydrogen (secondary N) is 1. The van der Waals surface area contributed by atoms with Gasteiger partial charge < -0.3 is 4.90 Å². The van der Waals surface area contributed by atoms with Gasteiger partial charge in [-0.3, -0.25) is 5.32 Å². The molecule has 122 valence electrons. The van der Waals surface area contributed by atoms with Crippen LogP contribution < -0.4 is 5.32 Å². The minimum absolute atomic E-state index is 0.329. The first-order valence-electron chi connectivity index (χ1n) is 9.00. The lowest BCUT2D eigenvalue weighted by Crippen LogP contribution is -2.48. The van der Waals surface area contributed by atoms with Gasteiger partial charge in [0.2, 0.25) is 0 Å². The zero-order chi connectivity index (χ0) is 15.7. The fraction of sp³-hybridized carbons (Fsp3) is 0.944. The molecular formula is C18H35N3. The number of piperidine rings is 1. The minimum Gasteiger partial charge on any atom is -0.300 e. The van der Waals surface area contributed by atoms with E-state index in [0.717, 1.165) is 31.8 Å². The number of rotatable bonds is 9. The highest BCUT2D eigenvalue weighted by atomic mass is 15.2. The van der Waals surface area contributed by atoms with Crippen LogP contribution >= 0.6 is 0 Å². The van der Waals surface area contributed by atoms with Gasteiger partial charge in [0, 0.05) is 12.1 Å². The molecule has 1 fully saturated rings. The molecule has 1 heterocycles. The summed E-state index contributed by atoms with van der Waals surface area (Å²) in [5, 5.41) is 13.1. The molecule has 0 aromatic rings. The van der Waals surface area contributed by atoms with Crippen LogP contribution in [0.25, 0.3) is 0 Å². The first kappa shape index (κ1) is 18.5. The molecule has 1 rings (SSSR count). The molecule has 1 aliphatic rings. The molecule has 1 N–H and O–H groups in total. The molecule has 2 atom stereocenters. The molecule has 2 unspecified atom stereocenters. The molecular weight excluding hydrogens is 258 g/mol. The van der Waals surface area contributed by atoms with E-state index in [1.165, 1.54) is 38.6 Å². The maximum atomic E-state index is 9.57. The smallest absolute Gasteiger partial charge is 0.106 e. The van der Waals surface area contributed by atoms with E-state index in [9.17, 15) is 5.26 Å². The standard InChI is InChI=1S/C18H35N3/c1-5-10-17-11-7-8-13-21(17)14-9-12-18(6-2,15-19)20-16(3)4/h16-17,20H,5-14H2,1-4H3. The fourth-order valence-corrected chi connectivity index (χ4v) is 3.67. The van der Waals surface area contributed by atoms with Crippen LogP contribution in [0.2, 0.25) is 0 Å². The molecule has 0 aromatic carbocycles. The lowest BCUT2D eigenvalue weighted by atomic mass is 9.90. The summed E-state index contributed by atoms with van der Waals surface area (Å²) in [5.74, 6) is 0. The Morgan fingerprint density at radius 2 is 2.10 bits per heavy atom. The summed E-state index contributed by atoms with van der Waals surface area (Å²) in [6, 6.07) is 3.70. The van der Waals surface area contributed by atoms with Crippen LogP contribution in [0, 0.1) is 11.3 Å². The Bertz CT molecular complexity index is 319. The summed E-state index contributed by atoms with van der Waals surface area (Å²) in [6.07, 6.45) is 9.72. The van der Waals surface area contributed by atoms with E-state index in [-0.39, 0.29) is 5.54 Å². The number of likely N-dealkylation sites (tertiary alicyclic amines) is 1. The summed E-state index contributed by atoms with van der Waals surface area (Å²) in [7, 11) is 0. The Balaban J connectivity index is 2.47. The van der Waals surface area contributed by atoms with E-state index in [1.807, 2.05) is 0 Å². The summed E-state index contributed by atoms with van der Waals surface area (Å²) < 4.78 is 0. The van der Waals surface area contributed by atoms with Gasteiger partial charge in [0.1, 0.15) is 5.54 Å². The van der Waals surface area contributed by atoms with Crippen LogP contribution in [-0.2, 0) is 0 Å². The van der Waals surface area contributed by atoms with Crippen molar-refractivity contribution in [3.63, 3.8) is 0 Å². The Morgan fingerprint density at radius 1 is 1.33 bits per heavy atom. The third kappa shape index (κ3) is 5.96. The highest BCUT2D eigenvalue weighted by Crippen LogP contribution is 2.23. The van der Waals surface area contributed by atoms with E-state index < -0.39 is 0 Å². The molecule has 1 saturated heterocycles. The zero-order valence-electron chi connectivity index (χ0n) is 14.6. The third-order valence-corrected chi connectivity index (χ3v) is 4.80. The van der Waals surface area contributed by atoms with Crippen molar-refractivity contribution in [1.82, 2.24) is 10.2 Å². The van der Waals surface area contributed by atoms with Gasteiger partial charge in [0.15, 0.2) is 0 Å². The first-order chi connectivity index (χ1) is 10.1.